The molecule has 0 aromatic heterocycles. The molecule has 356 valence electrons. The van der Waals surface area contributed by atoms with Crippen molar-refractivity contribution in [2.24, 2.45) is 0 Å². The van der Waals surface area contributed by atoms with Crippen LogP contribution >= 0.6 is 0 Å². The molecular weight excluding hydrogens is 779 g/mol. The Labute approximate surface area is 378 Å². The fourth-order valence-corrected chi connectivity index (χ4v) is 7.24. The zero-order chi connectivity index (χ0) is 45.1. The number of amides is 1. The molecule has 1 amide bonds. The number of aliphatic hydroxyl groups excluding tert-OH is 5. The van der Waals surface area contributed by atoms with Crippen molar-refractivity contribution >= 4 is 5.91 Å². The molecule has 0 bridgehead atoms. The maximum Gasteiger partial charge on any atom is 0.220 e. The van der Waals surface area contributed by atoms with Crippen LogP contribution in [0.3, 0.4) is 0 Å². The van der Waals surface area contributed by atoms with Crippen LogP contribution in [0.15, 0.2) is 85.1 Å². The molecule has 1 aliphatic rings. The highest BCUT2D eigenvalue weighted by atomic mass is 16.7. The van der Waals surface area contributed by atoms with Gasteiger partial charge < -0.3 is 40.3 Å². The van der Waals surface area contributed by atoms with Crippen molar-refractivity contribution in [1.82, 2.24) is 5.32 Å². The summed E-state index contributed by atoms with van der Waals surface area (Å²) in [4.78, 5) is 13.0. The first-order valence-electron chi connectivity index (χ1n) is 24.8. The predicted octanol–water partition coefficient (Wildman–Crippen LogP) is 11.1. The fraction of sp³-hybridized carbons (Fsp3) is 0.717. The van der Waals surface area contributed by atoms with E-state index in [0.717, 1.165) is 89.9 Å². The zero-order valence-corrected chi connectivity index (χ0v) is 39.1. The van der Waals surface area contributed by atoms with Gasteiger partial charge in [0.1, 0.15) is 24.4 Å². The Morgan fingerprint density at radius 3 is 1.55 bits per heavy atom. The Hall–Kier alpha value is -2.63. The highest BCUT2D eigenvalue weighted by Gasteiger charge is 2.44. The van der Waals surface area contributed by atoms with Gasteiger partial charge in [-0.2, -0.15) is 0 Å². The average molecular weight is 870 g/mol. The Kier molecular flexibility index (Phi) is 39.2. The summed E-state index contributed by atoms with van der Waals surface area (Å²) in [5.41, 5.74) is 0. The maximum atomic E-state index is 13.0. The number of allylic oxidation sites excluding steroid dienone is 13. The van der Waals surface area contributed by atoms with Gasteiger partial charge in [0.15, 0.2) is 6.29 Å². The summed E-state index contributed by atoms with van der Waals surface area (Å²) < 4.78 is 11.2. The average Bonchev–Trinajstić information content (AvgIpc) is 3.27. The number of aliphatic hydroxyl groups is 5. The summed E-state index contributed by atoms with van der Waals surface area (Å²) in [7, 11) is 0. The summed E-state index contributed by atoms with van der Waals surface area (Å²) in [5, 5.41) is 54.3. The summed E-state index contributed by atoms with van der Waals surface area (Å²) >= 11 is 0. The van der Waals surface area contributed by atoms with E-state index in [4.69, 9.17) is 9.47 Å². The van der Waals surface area contributed by atoms with E-state index in [9.17, 15) is 30.3 Å². The van der Waals surface area contributed by atoms with Crippen LogP contribution in [0.1, 0.15) is 187 Å². The minimum atomic E-state index is -1.58. The van der Waals surface area contributed by atoms with Crippen molar-refractivity contribution in [3.8, 4) is 0 Å². The number of hydrogen-bond acceptors (Lipinski definition) is 8. The van der Waals surface area contributed by atoms with Crippen molar-refractivity contribution in [2.75, 3.05) is 13.2 Å². The molecule has 6 N–H and O–H groups in total. The molecule has 7 unspecified atom stereocenters. The molecule has 1 rings (SSSR count). The molecule has 1 heterocycles. The van der Waals surface area contributed by atoms with E-state index in [2.05, 4.69) is 92.1 Å². The van der Waals surface area contributed by atoms with Crippen LogP contribution in [0, 0.1) is 0 Å². The molecule has 0 radical (unpaired) electrons. The number of unbranched alkanes of at least 4 members (excludes halogenated alkanes) is 18. The van der Waals surface area contributed by atoms with E-state index >= 15 is 0 Å². The second-order valence-corrected chi connectivity index (χ2v) is 16.9. The molecule has 0 spiro atoms. The van der Waals surface area contributed by atoms with Crippen LogP contribution in [0.5, 0.6) is 0 Å². The molecule has 1 fully saturated rings. The van der Waals surface area contributed by atoms with Crippen molar-refractivity contribution in [3.63, 3.8) is 0 Å². The van der Waals surface area contributed by atoms with Crippen LogP contribution in [-0.4, -0.2) is 87.5 Å². The smallest absolute Gasteiger partial charge is 0.220 e. The SMILES string of the molecule is CC/C=C\C/C=C\C/C=C\C/C=C\CCCCCCCCCCC(=O)NC(COC1OC(CO)C(O)C(O)C1O)C(O)/C=C/CC/C=C/CC/C=C/CCCCCCCCCC. The second-order valence-electron chi connectivity index (χ2n) is 16.9. The normalized spacial score (nSPS) is 21.0. The number of ether oxygens (including phenoxy) is 2. The van der Waals surface area contributed by atoms with Crippen LogP contribution in [0.4, 0.5) is 0 Å². The maximum absolute atomic E-state index is 13.0. The third-order valence-electron chi connectivity index (χ3n) is 11.2. The molecule has 9 nitrogen and oxygen atoms in total. The standard InChI is InChI=1S/C53H91NO8/c1-3-5-7-9-11-13-15-17-19-21-23-24-25-27-29-31-33-35-37-39-41-43-49(57)54-46(45-61-53-52(60)51(59)50(58)48(44-55)62-53)47(56)42-40-38-36-34-32-30-28-26-22-20-18-16-14-12-10-8-6-4-2/h5,7,11,13,17,19,22-24,26,32,34,40,42,46-48,50-53,55-56,58-60H,3-4,6,8-10,12,14-16,18,20-21,25,27-31,33,35-39,41,43-45H2,1-2H3,(H,54,57)/b7-5-,13-11-,19-17-,24-23-,26-22+,34-32+,42-40+. The van der Waals surface area contributed by atoms with E-state index in [1.165, 1.54) is 77.0 Å². The number of carbonyl (C=O) groups excluding carboxylic acids is 1. The lowest BCUT2D eigenvalue weighted by molar-refractivity contribution is -0.302. The lowest BCUT2D eigenvalue weighted by Gasteiger charge is -2.40. The van der Waals surface area contributed by atoms with Crippen LogP contribution in [0.25, 0.3) is 0 Å². The van der Waals surface area contributed by atoms with Gasteiger partial charge in [-0.15, -0.1) is 0 Å². The number of nitrogens with one attached hydrogen (secondary N) is 1. The first kappa shape index (κ1) is 57.4. The lowest BCUT2D eigenvalue weighted by Crippen LogP contribution is -2.60. The molecule has 62 heavy (non-hydrogen) atoms. The van der Waals surface area contributed by atoms with Crippen LogP contribution < -0.4 is 5.32 Å². The quantitative estimate of drug-likeness (QED) is 0.0263. The van der Waals surface area contributed by atoms with Crippen LogP contribution in [-0.2, 0) is 14.3 Å². The Morgan fingerprint density at radius 2 is 1.02 bits per heavy atom. The molecule has 7 atom stereocenters. The van der Waals surface area contributed by atoms with Gasteiger partial charge in [0, 0.05) is 6.42 Å². The minimum Gasteiger partial charge on any atom is -0.394 e. The number of carbonyl (C=O) groups is 1. The topological polar surface area (TPSA) is 149 Å². The van der Waals surface area contributed by atoms with Gasteiger partial charge in [0.05, 0.1) is 25.4 Å². The molecule has 1 saturated heterocycles. The van der Waals surface area contributed by atoms with Crippen LogP contribution in [0.2, 0.25) is 0 Å². The predicted molar refractivity (Wildman–Crippen MR) is 258 cm³/mol. The molecule has 1 aliphatic heterocycles. The summed E-state index contributed by atoms with van der Waals surface area (Å²) in [5.74, 6) is -0.203. The first-order valence-corrected chi connectivity index (χ1v) is 24.8. The fourth-order valence-electron chi connectivity index (χ4n) is 7.24. The molecular formula is C53H91NO8. The van der Waals surface area contributed by atoms with Crippen molar-refractivity contribution in [1.29, 1.82) is 0 Å². The third-order valence-corrected chi connectivity index (χ3v) is 11.2. The minimum absolute atomic E-state index is 0.203. The zero-order valence-electron chi connectivity index (χ0n) is 39.1. The van der Waals surface area contributed by atoms with E-state index in [1.54, 1.807) is 6.08 Å². The molecule has 0 saturated carbocycles. The van der Waals surface area contributed by atoms with Gasteiger partial charge in [-0.25, -0.2) is 0 Å². The second kappa shape index (κ2) is 42.3. The molecule has 0 aromatic carbocycles. The van der Waals surface area contributed by atoms with Crippen molar-refractivity contribution in [2.45, 2.75) is 230 Å². The Balaban J connectivity index is 2.36. The summed E-state index contributed by atoms with van der Waals surface area (Å²) in [6, 6.07) is -0.837. The third kappa shape index (κ3) is 32.1. The van der Waals surface area contributed by atoms with Gasteiger partial charge in [0.2, 0.25) is 5.91 Å². The largest absolute Gasteiger partial charge is 0.394 e. The van der Waals surface area contributed by atoms with E-state index in [1.807, 2.05) is 6.08 Å². The van der Waals surface area contributed by atoms with Crippen molar-refractivity contribution in [3.05, 3.63) is 85.1 Å². The van der Waals surface area contributed by atoms with E-state index < -0.39 is 49.5 Å². The molecule has 0 aromatic rings. The van der Waals surface area contributed by atoms with Gasteiger partial charge in [-0.3, -0.25) is 4.79 Å². The molecule has 0 aliphatic carbocycles. The highest BCUT2D eigenvalue weighted by Crippen LogP contribution is 2.22. The first-order chi connectivity index (χ1) is 30.3. The number of rotatable bonds is 40. The van der Waals surface area contributed by atoms with Gasteiger partial charge in [-0.1, -0.05) is 182 Å². The monoisotopic (exact) mass is 870 g/mol. The van der Waals surface area contributed by atoms with Gasteiger partial charge in [0.25, 0.3) is 0 Å². The Bertz CT molecular complexity index is 1240. The van der Waals surface area contributed by atoms with Gasteiger partial charge in [-0.05, 0) is 83.5 Å². The van der Waals surface area contributed by atoms with E-state index in [-0.39, 0.29) is 12.5 Å². The number of hydrogen-bond donors (Lipinski definition) is 6. The summed E-state index contributed by atoms with van der Waals surface area (Å²) in [6.45, 7) is 3.62. The van der Waals surface area contributed by atoms with Gasteiger partial charge >= 0.3 is 0 Å². The summed E-state index contributed by atoms with van der Waals surface area (Å²) in [6.07, 6.45) is 51.9. The highest BCUT2D eigenvalue weighted by molar-refractivity contribution is 5.76. The van der Waals surface area contributed by atoms with Crippen molar-refractivity contribution < 1.29 is 39.8 Å². The Morgan fingerprint density at radius 1 is 0.565 bits per heavy atom. The van der Waals surface area contributed by atoms with E-state index in [0.29, 0.717) is 6.42 Å². The lowest BCUT2D eigenvalue weighted by atomic mass is 9.99. The molecule has 9 heteroatoms.